The maximum atomic E-state index is 5.78. The third-order valence-electron chi connectivity index (χ3n) is 2.45. The van der Waals surface area contributed by atoms with Gasteiger partial charge in [-0.05, 0) is 38.0 Å². The molecule has 3 nitrogen and oxygen atoms in total. The lowest BCUT2D eigenvalue weighted by molar-refractivity contribution is 0.203. The predicted octanol–water partition coefficient (Wildman–Crippen LogP) is 2.72. The van der Waals surface area contributed by atoms with Crippen LogP contribution in [0.25, 0.3) is 0 Å². The van der Waals surface area contributed by atoms with E-state index in [-0.39, 0.29) is 6.10 Å². The molecule has 1 atom stereocenters. The second kappa shape index (κ2) is 6.38. The fraction of sp³-hybridized carbons (Fsp3) is 0.538. The molecule has 0 amide bonds. The van der Waals surface area contributed by atoms with E-state index >= 15 is 0 Å². The van der Waals surface area contributed by atoms with Crippen molar-refractivity contribution < 1.29 is 9.47 Å². The number of rotatable bonds is 6. The third kappa shape index (κ3) is 3.42. The average Bonchev–Trinajstić information content (AvgIpc) is 2.31. The Morgan fingerprint density at radius 3 is 2.56 bits per heavy atom. The standard InChI is InChI=1S/C13H21NO2/c1-4-10(3)16-12-7-6-11(9-14)8-13(12)15-5-2/h6-8,10H,4-5,9,14H2,1-3H3/t10-/m1/s1. The molecular weight excluding hydrogens is 202 g/mol. The molecule has 1 aromatic carbocycles. The van der Waals surface area contributed by atoms with Crippen molar-refractivity contribution in [2.75, 3.05) is 6.61 Å². The van der Waals surface area contributed by atoms with Gasteiger partial charge in [0, 0.05) is 6.54 Å². The average molecular weight is 223 g/mol. The Morgan fingerprint density at radius 1 is 1.25 bits per heavy atom. The van der Waals surface area contributed by atoms with Crippen molar-refractivity contribution in [1.29, 1.82) is 0 Å². The minimum atomic E-state index is 0.197. The molecule has 0 heterocycles. The number of benzene rings is 1. The Kier molecular flexibility index (Phi) is 5.12. The summed E-state index contributed by atoms with van der Waals surface area (Å²) < 4.78 is 11.3. The molecule has 0 fully saturated rings. The van der Waals surface area contributed by atoms with Crippen molar-refractivity contribution in [2.24, 2.45) is 5.73 Å². The molecule has 1 rings (SSSR count). The van der Waals surface area contributed by atoms with Crippen LogP contribution in [-0.4, -0.2) is 12.7 Å². The lowest BCUT2D eigenvalue weighted by Gasteiger charge is -2.16. The van der Waals surface area contributed by atoms with Crippen LogP contribution < -0.4 is 15.2 Å². The maximum absolute atomic E-state index is 5.78. The van der Waals surface area contributed by atoms with Gasteiger partial charge in [0.25, 0.3) is 0 Å². The highest BCUT2D eigenvalue weighted by Gasteiger charge is 2.08. The fourth-order valence-corrected chi connectivity index (χ4v) is 1.35. The van der Waals surface area contributed by atoms with Crippen molar-refractivity contribution in [3.8, 4) is 11.5 Å². The molecule has 0 saturated carbocycles. The molecule has 1 aromatic rings. The molecule has 0 saturated heterocycles. The fourth-order valence-electron chi connectivity index (χ4n) is 1.35. The van der Waals surface area contributed by atoms with Gasteiger partial charge in [-0.25, -0.2) is 0 Å². The van der Waals surface area contributed by atoms with Crippen LogP contribution in [0.1, 0.15) is 32.8 Å². The second-order valence-electron chi connectivity index (χ2n) is 3.75. The minimum Gasteiger partial charge on any atom is -0.490 e. The van der Waals surface area contributed by atoms with Crippen LogP contribution in [0, 0.1) is 0 Å². The van der Waals surface area contributed by atoms with Gasteiger partial charge >= 0.3 is 0 Å². The van der Waals surface area contributed by atoms with Gasteiger partial charge in [-0.3, -0.25) is 0 Å². The van der Waals surface area contributed by atoms with E-state index in [0.717, 1.165) is 23.5 Å². The van der Waals surface area contributed by atoms with Gasteiger partial charge in [0.15, 0.2) is 11.5 Å². The normalized spacial score (nSPS) is 12.2. The Labute approximate surface area is 97.6 Å². The van der Waals surface area contributed by atoms with Crippen LogP contribution in [0.5, 0.6) is 11.5 Å². The first-order valence-electron chi connectivity index (χ1n) is 5.83. The summed E-state index contributed by atoms with van der Waals surface area (Å²) in [4.78, 5) is 0. The van der Waals surface area contributed by atoms with Gasteiger partial charge < -0.3 is 15.2 Å². The molecule has 0 radical (unpaired) electrons. The molecule has 0 aromatic heterocycles. The smallest absolute Gasteiger partial charge is 0.161 e. The molecular formula is C13H21NO2. The largest absolute Gasteiger partial charge is 0.490 e. The Balaban J connectivity index is 2.88. The van der Waals surface area contributed by atoms with Gasteiger partial charge in [-0.1, -0.05) is 13.0 Å². The number of nitrogens with two attached hydrogens (primary N) is 1. The molecule has 0 aliphatic heterocycles. The van der Waals surface area contributed by atoms with Crippen LogP contribution in [0.4, 0.5) is 0 Å². The number of hydrogen-bond acceptors (Lipinski definition) is 3. The van der Waals surface area contributed by atoms with Crippen LogP contribution in [-0.2, 0) is 6.54 Å². The van der Waals surface area contributed by atoms with Gasteiger partial charge in [0.05, 0.1) is 12.7 Å². The van der Waals surface area contributed by atoms with Crippen molar-refractivity contribution in [3.63, 3.8) is 0 Å². The summed E-state index contributed by atoms with van der Waals surface area (Å²) in [5.74, 6) is 1.58. The lowest BCUT2D eigenvalue weighted by Crippen LogP contribution is -2.11. The van der Waals surface area contributed by atoms with Gasteiger partial charge in [-0.15, -0.1) is 0 Å². The van der Waals surface area contributed by atoms with Crippen LogP contribution >= 0.6 is 0 Å². The molecule has 0 bridgehead atoms. The topological polar surface area (TPSA) is 44.5 Å². The third-order valence-corrected chi connectivity index (χ3v) is 2.45. The summed E-state index contributed by atoms with van der Waals surface area (Å²) in [6.45, 7) is 7.25. The highest BCUT2D eigenvalue weighted by atomic mass is 16.5. The number of hydrogen-bond donors (Lipinski definition) is 1. The SMILES string of the molecule is CCOc1cc(CN)ccc1O[C@H](C)CC. The zero-order chi connectivity index (χ0) is 12.0. The van der Waals surface area contributed by atoms with Crippen LogP contribution in [0.3, 0.4) is 0 Å². The van der Waals surface area contributed by atoms with E-state index in [1.54, 1.807) is 0 Å². The van der Waals surface area contributed by atoms with Crippen molar-refractivity contribution >= 4 is 0 Å². The maximum Gasteiger partial charge on any atom is 0.161 e. The monoisotopic (exact) mass is 223 g/mol. The molecule has 0 aliphatic carbocycles. The van der Waals surface area contributed by atoms with Crippen molar-refractivity contribution in [2.45, 2.75) is 39.8 Å². The van der Waals surface area contributed by atoms with Crippen molar-refractivity contribution in [1.82, 2.24) is 0 Å². The van der Waals surface area contributed by atoms with Gasteiger partial charge in [0.2, 0.25) is 0 Å². The summed E-state index contributed by atoms with van der Waals surface area (Å²) in [6, 6.07) is 5.85. The minimum absolute atomic E-state index is 0.197. The summed E-state index contributed by atoms with van der Waals surface area (Å²) in [6.07, 6.45) is 1.17. The first kappa shape index (κ1) is 12.8. The molecule has 90 valence electrons. The summed E-state index contributed by atoms with van der Waals surface area (Å²) in [7, 11) is 0. The van der Waals surface area contributed by atoms with E-state index in [1.165, 1.54) is 0 Å². The van der Waals surface area contributed by atoms with E-state index in [1.807, 2.05) is 32.0 Å². The van der Waals surface area contributed by atoms with E-state index in [4.69, 9.17) is 15.2 Å². The Bertz CT molecular complexity index is 326. The van der Waals surface area contributed by atoms with Gasteiger partial charge in [-0.2, -0.15) is 0 Å². The predicted molar refractivity (Wildman–Crippen MR) is 65.9 cm³/mol. The first-order valence-corrected chi connectivity index (χ1v) is 5.83. The van der Waals surface area contributed by atoms with Crippen LogP contribution in [0.2, 0.25) is 0 Å². The summed E-state index contributed by atoms with van der Waals surface area (Å²) >= 11 is 0. The number of ether oxygens (including phenoxy) is 2. The van der Waals surface area contributed by atoms with Gasteiger partial charge in [0.1, 0.15) is 0 Å². The molecule has 3 heteroatoms. The highest BCUT2D eigenvalue weighted by Crippen LogP contribution is 2.29. The molecule has 0 unspecified atom stereocenters. The first-order chi connectivity index (χ1) is 7.71. The zero-order valence-electron chi connectivity index (χ0n) is 10.3. The van der Waals surface area contributed by atoms with E-state index in [0.29, 0.717) is 13.2 Å². The van der Waals surface area contributed by atoms with Crippen molar-refractivity contribution in [3.05, 3.63) is 23.8 Å². The lowest BCUT2D eigenvalue weighted by atomic mass is 10.2. The molecule has 16 heavy (non-hydrogen) atoms. The molecule has 2 N–H and O–H groups in total. The Morgan fingerprint density at radius 2 is 2.00 bits per heavy atom. The second-order valence-corrected chi connectivity index (χ2v) is 3.75. The van der Waals surface area contributed by atoms with E-state index in [2.05, 4.69) is 6.92 Å². The van der Waals surface area contributed by atoms with Crippen LogP contribution in [0.15, 0.2) is 18.2 Å². The summed E-state index contributed by atoms with van der Waals surface area (Å²) in [5.41, 5.74) is 6.65. The highest BCUT2D eigenvalue weighted by molar-refractivity contribution is 5.43. The molecule has 0 aliphatic rings. The molecule has 0 spiro atoms. The quantitative estimate of drug-likeness (QED) is 0.806. The Hall–Kier alpha value is -1.22. The van der Waals surface area contributed by atoms with E-state index in [9.17, 15) is 0 Å². The zero-order valence-corrected chi connectivity index (χ0v) is 10.3. The van der Waals surface area contributed by atoms with E-state index < -0.39 is 0 Å². The summed E-state index contributed by atoms with van der Waals surface area (Å²) in [5, 5.41) is 0.